The van der Waals surface area contributed by atoms with E-state index in [1.165, 1.54) is 0 Å². The first kappa shape index (κ1) is 14.9. The van der Waals surface area contributed by atoms with Crippen molar-refractivity contribution in [1.29, 1.82) is 5.26 Å². The second-order valence-corrected chi connectivity index (χ2v) is 4.17. The van der Waals surface area contributed by atoms with Gasteiger partial charge < -0.3 is 10.2 Å². The average molecular weight is 261 g/mol. The fourth-order valence-corrected chi connectivity index (χ4v) is 1.72. The molecule has 0 atom stereocenters. The van der Waals surface area contributed by atoms with Crippen LogP contribution in [-0.2, 0) is 4.79 Å². The topological polar surface area (TPSA) is 81.9 Å². The fraction of sp³-hybridized carbons (Fsp3) is 0.538. The molecule has 0 saturated heterocycles. The summed E-state index contributed by atoms with van der Waals surface area (Å²) >= 11 is 0. The molecule has 19 heavy (non-hydrogen) atoms. The third-order valence-electron chi connectivity index (χ3n) is 3.09. The van der Waals surface area contributed by atoms with Crippen LogP contribution < -0.4 is 5.32 Å². The predicted octanol–water partition coefficient (Wildman–Crippen LogP) is 1.25. The third-order valence-corrected chi connectivity index (χ3v) is 3.09. The van der Waals surface area contributed by atoms with E-state index in [4.69, 9.17) is 5.26 Å². The molecule has 0 aliphatic rings. The van der Waals surface area contributed by atoms with E-state index in [0.29, 0.717) is 24.5 Å². The fourth-order valence-electron chi connectivity index (χ4n) is 1.72. The lowest BCUT2D eigenvalue weighted by Gasteiger charge is -2.19. The summed E-state index contributed by atoms with van der Waals surface area (Å²) in [4.78, 5) is 13.6. The van der Waals surface area contributed by atoms with Crippen molar-refractivity contribution < 1.29 is 4.79 Å². The number of aromatic nitrogens is 2. The Kier molecular flexibility index (Phi) is 5.24. The molecule has 1 N–H and O–H groups in total. The summed E-state index contributed by atoms with van der Waals surface area (Å²) in [7, 11) is 0. The number of aryl methyl sites for hydroxylation is 1. The van der Waals surface area contributed by atoms with E-state index in [1.807, 2.05) is 20.8 Å². The summed E-state index contributed by atoms with van der Waals surface area (Å²) in [5.74, 6) is 0.347. The summed E-state index contributed by atoms with van der Waals surface area (Å²) in [5, 5.41) is 19.9. The first-order valence-electron chi connectivity index (χ1n) is 6.30. The molecule has 1 aromatic heterocycles. The van der Waals surface area contributed by atoms with E-state index in [2.05, 4.69) is 21.6 Å². The van der Waals surface area contributed by atoms with Crippen LogP contribution in [0.1, 0.15) is 30.7 Å². The number of nitrogens with one attached hydrogen (secondary N) is 1. The van der Waals surface area contributed by atoms with Gasteiger partial charge in [0.2, 0.25) is 5.91 Å². The molecule has 0 aromatic carbocycles. The number of amides is 1. The second-order valence-electron chi connectivity index (χ2n) is 4.17. The molecule has 1 heterocycles. The van der Waals surface area contributed by atoms with Crippen molar-refractivity contribution in [2.75, 3.05) is 25.0 Å². The molecule has 0 saturated carbocycles. The number of hydrogen-bond donors (Lipinski definition) is 1. The summed E-state index contributed by atoms with van der Waals surface area (Å²) in [6.45, 7) is 8.93. The quantitative estimate of drug-likeness (QED) is 0.862. The summed E-state index contributed by atoms with van der Waals surface area (Å²) in [6.07, 6.45) is 0. The molecule has 0 fully saturated rings. The zero-order valence-corrected chi connectivity index (χ0v) is 11.8. The first-order valence-corrected chi connectivity index (χ1v) is 6.30. The molecule has 0 unspecified atom stereocenters. The van der Waals surface area contributed by atoms with Gasteiger partial charge >= 0.3 is 0 Å². The highest BCUT2D eigenvalue weighted by atomic mass is 16.2. The molecule has 102 valence electrons. The first-order chi connectivity index (χ1) is 9.04. The van der Waals surface area contributed by atoms with Gasteiger partial charge in [-0.25, -0.2) is 0 Å². The minimum atomic E-state index is -0.0195. The maximum absolute atomic E-state index is 11.9. The van der Waals surface area contributed by atoms with Crippen LogP contribution in [0.4, 0.5) is 5.82 Å². The van der Waals surface area contributed by atoms with Crippen LogP contribution in [0.15, 0.2) is 0 Å². The minimum Gasteiger partial charge on any atom is -0.358 e. The van der Waals surface area contributed by atoms with Gasteiger partial charge in [-0.15, -0.1) is 5.10 Å². The number of carbonyl (C=O) groups excluding carboxylic acids is 1. The third kappa shape index (κ3) is 3.41. The largest absolute Gasteiger partial charge is 0.358 e. The van der Waals surface area contributed by atoms with Crippen molar-refractivity contribution in [3.05, 3.63) is 16.8 Å². The van der Waals surface area contributed by atoms with Crippen LogP contribution in [0.5, 0.6) is 0 Å². The van der Waals surface area contributed by atoms with Gasteiger partial charge in [-0.3, -0.25) is 4.79 Å². The molecular weight excluding hydrogens is 242 g/mol. The zero-order valence-electron chi connectivity index (χ0n) is 11.8. The summed E-state index contributed by atoms with van der Waals surface area (Å²) < 4.78 is 0. The van der Waals surface area contributed by atoms with Crippen molar-refractivity contribution in [1.82, 2.24) is 15.1 Å². The van der Waals surface area contributed by atoms with E-state index < -0.39 is 0 Å². The van der Waals surface area contributed by atoms with Crippen molar-refractivity contribution in [3.63, 3.8) is 0 Å². The Balaban J connectivity index is 2.82. The van der Waals surface area contributed by atoms with E-state index in [0.717, 1.165) is 11.3 Å². The Morgan fingerprint density at radius 2 is 1.95 bits per heavy atom. The van der Waals surface area contributed by atoms with E-state index in [9.17, 15) is 4.79 Å². The van der Waals surface area contributed by atoms with Gasteiger partial charge in [0.1, 0.15) is 11.6 Å². The zero-order chi connectivity index (χ0) is 14.4. The Morgan fingerprint density at radius 3 is 2.47 bits per heavy atom. The van der Waals surface area contributed by atoms with Crippen LogP contribution in [0.3, 0.4) is 0 Å². The maximum Gasteiger partial charge on any atom is 0.241 e. The van der Waals surface area contributed by atoms with E-state index >= 15 is 0 Å². The average Bonchev–Trinajstić information content (AvgIpc) is 2.41. The Hall–Kier alpha value is -2.16. The highest BCUT2D eigenvalue weighted by Crippen LogP contribution is 2.16. The number of rotatable bonds is 5. The highest BCUT2D eigenvalue weighted by Gasteiger charge is 2.13. The lowest BCUT2D eigenvalue weighted by Crippen LogP contribution is -2.35. The van der Waals surface area contributed by atoms with Crippen molar-refractivity contribution in [2.45, 2.75) is 27.7 Å². The van der Waals surface area contributed by atoms with Crippen molar-refractivity contribution >= 4 is 11.7 Å². The molecule has 0 aliphatic heterocycles. The number of likely N-dealkylation sites (N-methyl/N-ethyl adjacent to an activating group) is 1. The molecule has 1 rings (SSSR count). The smallest absolute Gasteiger partial charge is 0.241 e. The normalized spacial score (nSPS) is 9.84. The lowest BCUT2D eigenvalue weighted by molar-refractivity contribution is -0.128. The second kappa shape index (κ2) is 6.69. The number of nitriles is 1. The molecule has 6 heteroatoms. The Labute approximate surface area is 113 Å². The van der Waals surface area contributed by atoms with Crippen LogP contribution in [0.2, 0.25) is 0 Å². The molecule has 0 spiro atoms. The van der Waals surface area contributed by atoms with Gasteiger partial charge in [0, 0.05) is 13.1 Å². The van der Waals surface area contributed by atoms with E-state index in [-0.39, 0.29) is 12.5 Å². The number of hydrogen-bond acceptors (Lipinski definition) is 5. The molecule has 0 bridgehead atoms. The number of nitrogens with zero attached hydrogens (tertiary/aromatic N) is 4. The van der Waals surface area contributed by atoms with E-state index in [1.54, 1.807) is 11.8 Å². The van der Waals surface area contributed by atoms with Crippen LogP contribution in [0.25, 0.3) is 0 Å². The minimum absolute atomic E-state index is 0.0195. The maximum atomic E-state index is 11.9. The molecule has 1 amide bonds. The van der Waals surface area contributed by atoms with Crippen LogP contribution in [0, 0.1) is 25.2 Å². The molecular formula is C13H19N5O. The Bertz CT molecular complexity index is 502. The SMILES string of the molecule is CCN(CC)C(=O)CNc1nnc(C)c(C)c1C#N. The van der Waals surface area contributed by atoms with Gasteiger partial charge in [0.05, 0.1) is 12.2 Å². The number of anilines is 1. The summed E-state index contributed by atoms with van der Waals surface area (Å²) in [6, 6.07) is 2.10. The standard InChI is InChI=1S/C13H19N5O/c1-5-18(6-2)12(19)8-15-13-11(7-14)9(3)10(4)16-17-13/h5-6,8H2,1-4H3,(H,15,17). The van der Waals surface area contributed by atoms with Crippen molar-refractivity contribution in [2.24, 2.45) is 0 Å². The van der Waals surface area contributed by atoms with Gasteiger partial charge in [-0.1, -0.05) is 0 Å². The van der Waals surface area contributed by atoms with Gasteiger partial charge in [-0.2, -0.15) is 10.4 Å². The monoisotopic (exact) mass is 261 g/mol. The predicted molar refractivity (Wildman–Crippen MR) is 72.6 cm³/mol. The lowest BCUT2D eigenvalue weighted by atomic mass is 10.1. The summed E-state index contributed by atoms with van der Waals surface area (Å²) in [5.41, 5.74) is 1.95. The van der Waals surface area contributed by atoms with Crippen molar-refractivity contribution in [3.8, 4) is 6.07 Å². The highest BCUT2D eigenvalue weighted by molar-refractivity contribution is 5.81. The Morgan fingerprint density at radius 1 is 1.32 bits per heavy atom. The molecule has 1 aromatic rings. The molecule has 0 aliphatic carbocycles. The van der Waals surface area contributed by atoms with Gasteiger partial charge in [-0.05, 0) is 33.3 Å². The van der Waals surface area contributed by atoms with Gasteiger partial charge in [0.25, 0.3) is 0 Å². The van der Waals surface area contributed by atoms with Crippen LogP contribution >= 0.6 is 0 Å². The molecule has 0 radical (unpaired) electrons. The van der Waals surface area contributed by atoms with Crippen LogP contribution in [-0.4, -0.2) is 40.6 Å². The van der Waals surface area contributed by atoms with Gasteiger partial charge in [0.15, 0.2) is 5.82 Å². The number of carbonyl (C=O) groups is 1. The molecule has 6 nitrogen and oxygen atoms in total.